The molecule has 0 aliphatic heterocycles. The van der Waals surface area contributed by atoms with E-state index >= 15 is 0 Å². The van der Waals surface area contributed by atoms with Crippen molar-refractivity contribution in [3.63, 3.8) is 0 Å². The molecule has 0 bridgehead atoms. The number of ketones is 1. The third kappa shape index (κ3) is 2.29. The van der Waals surface area contributed by atoms with Crippen molar-refractivity contribution in [3.05, 3.63) is 0 Å². The standard InChI is InChI=1S/C10H17NO2/c1-8(12)10(11-9(2)13)6-4-3-5-7-10/h3-7H2,1-2H3,(H,11,13). The summed E-state index contributed by atoms with van der Waals surface area (Å²) in [4.78, 5) is 22.4. The van der Waals surface area contributed by atoms with Gasteiger partial charge in [-0.25, -0.2) is 0 Å². The van der Waals surface area contributed by atoms with Crippen LogP contribution in [0.5, 0.6) is 0 Å². The fourth-order valence-corrected chi connectivity index (χ4v) is 2.06. The number of Topliss-reactive ketones (excluding diaryl/α,β-unsaturated/α-hetero) is 1. The van der Waals surface area contributed by atoms with E-state index in [1.807, 2.05) is 0 Å². The van der Waals surface area contributed by atoms with E-state index in [2.05, 4.69) is 5.32 Å². The maximum Gasteiger partial charge on any atom is 0.217 e. The average molecular weight is 183 g/mol. The monoisotopic (exact) mass is 183 g/mol. The highest BCUT2D eigenvalue weighted by atomic mass is 16.2. The highest BCUT2D eigenvalue weighted by Crippen LogP contribution is 2.28. The fraction of sp³-hybridized carbons (Fsp3) is 0.800. The van der Waals surface area contributed by atoms with Crippen LogP contribution in [0.2, 0.25) is 0 Å². The SMILES string of the molecule is CC(=O)NC1(C(C)=O)CCCCC1. The number of carbonyl (C=O) groups excluding carboxylic acids is 2. The van der Waals surface area contributed by atoms with Gasteiger partial charge in [0.2, 0.25) is 5.91 Å². The number of nitrogens with one attached hydrogen (secondary N) is 1. The van der Waals surface area contributed by atoms with Gasteiger partial charge in [0.15, 0.2) is 5.78 Å². The zero-order valence-electron chi connectivity index (χ0n) is 8.35. The van der Waals surface area contributed by atoms with Gasteiger partial charge in [0, 0.05) is 6.92 Å². The Morgan fingerprint density at radius 2 is 1.62 bits per heavy atom. The summed E-state index contributed by atoms with van der Waals surface area (Å²) in [5.41, 5.74) is -0.538. The molecule has 74 valence electrons. The normalized spacial score (nSPS) is 20.8. The minimum absolute atomic E-state index is 0.0994. The molecule has 1 N–H and O–H groups in total. The molecule has 0 aromatic heterocycles. The van der Waals surface area contributed by atoms with Crippen molar-refractivity contribution in [2.75, 3.05) is 0 Å². The van der Waals surface area contributed by atoms with E-state index in [1.165, 1.54) is 13.3 Å². The maximum absolute atomic E-state index is 11.4. The van der Waals surface area contributed by atoms with Gasteiger partial charge in [-0.2, -0.15) is 0 Å². The first-order valence-electron chi connectivity index (χ1n) is 4.87. The van der Waals surface area contributed by atoms with Gasteiger partial charge in [0.05, 0.1) is 5.54 Å². The van der Waals surface area contributed by atoms with Gasteiger partial charge < -0.3 is 5.32 Å². The minimum atomic E-state index is -0.538. The Hall–Kier alpha value is -0.860. The van der Waals surface area contributed by atoms with Crippen LogP contribution in [0.1, 0.15) is 46.0 Å². The molecule has 1 rings (SSSR count). The Kier molecular flexibility index (Phi) is 3.07. The van der Waals surface area contributed by atoms with E-state index in [-0.39, 0.29) is 11.7 Å². The Balaban J connectivity index is 2.73. The lowest BCUT2D eigenvalue weighted by Gasteiger charge is -2.35. The lowest BCUT2D eigenvalue weighted by Crippen LogP contribution is -2.54. The van der Waals surface area contributed by atoms with Crippen LogP contribution >= 0.6 is 0 Å². The topological polar surface area (TPSA) is 46.2 Å². The molecule has 3 heteroatoms. The Morgan fingerprint density at radius 1 is 1.08 bits per heavy atom. The summed E-state index contributed by atoms with van der Waals surface area (Å²) in [5, 5.41) is 2.81. The second kappa shape index (κ2) is 3.90. The van der Waals surface area contributed by atoms with Crippen LogP contribution < -0.4 is 5.32 Å². The molecule has 0 unspecified atom stereocenters. The van der Waals surface area contributed by atoms with Crippen LogP contribution in [0.4, 0.5) is 0 Å². The molecule has 1 saturated carbocycles. The van der Waals surface area contributed by atoms with Crippen LogP contribution in [0.25, 0.3) is 0 Å². The predicted octanol–water partition coefficient (Wildman–Crippen LogP) is 1.41. The molecule has 1 aliphatic rings. The van der Waals surface area contributed by atoms with Crippen molar-refractivity contribution in [1.29, 1.82) is 0 Å². The first-order valence-corrected chi connectivity index (χ1v) is 4.87. The molecule has 0 aromatic rings. The van der Waals surface area contributed by atoms with E-state index in [0.29, 0.717) is 0 Å². The van der Waals surface area contributed by atoms with Crippen LogP contribution in [0.15, 0.2) is 0 Å². The number of rotatable bonds is 2. The van der Waals surface area contributed by atoms with Gasteiger partial charge in [-0.15, -0.1) is 0 Å². The Bertz CT molecular complexity index is 217. The van der Waals surface area contributed by atoms with Gasteiger partial charge in [-0.1, -0.05) is 19.3 Å². The van der Waals surface area contributed by atoms with E-state index in [9.17, 15) is 9.59 Å². The molecule has 0 spiro atoms. The first kappa shape index (κ1) is 10.2. The van der Waals surface area contributed by atoms with Crippen molar-refractivity contribution in [3.8, 4) is 0 Å². The molecule has 1 fully saturated rings. The number of hydrogen-bond donors (Lipinski definition) is 1. The second-order valence-electron chi connectivity index (χ2n) is 3.88. The Labute approximate surface area is 78.9 Å². The smallest absolute Gasteiger partial charge is 0.217 e. The number of hydrogen-bond acceptors (Lipinski definition) is 2. The summed E-state index contributed by atoms with van der Waals surface area (Å²) in [6.45, 7) is 3.04. The van der Waals surface area contributed by atoms with Gasteiger partial charge >= 0.3 is 0 Å². The van der Waals surface area contributed by atoms with Gasteiger partial charge in [0.25, 0.3) is 0 Å². The fourth-order valence-electron chi connectivity index (χ4n) is 2.06. The van der Waals surface area contributed by atoms with E-state index in [4.69, 9.17) is 0 Å². The number of amides is 1. The summed E-state index contributed by atoms with van der Waals surface area (Å²) >= 11 is 0. The van der Waals surface area contributed by atoms with Crippen molar-refractivity contribution >= 4 is 11.7 Å². The molecule has 3 nitrogen and oxygen atoms in total. The summed E-state index contributed by atoms with van der Waals surface area (Å²) < 4.78 is 0. The highest BCUT2D eigenvalue weighted by molar-refractivity contribution is 5.90. The molecule has 0 radical (unpaired) electrons. The zero-order chi connectivity index (χ0) is 9.90. The van der Waals surface area contributed by atoms with Crippen molar-refractivity contribution in [2.24, 2.45) is 0 Å². The summed E-state index contributed by atoms with van der Waals surface area (Å²) in [7, 11) is 0. The third-order valence-electron chi connectivity index (χ3n) is 2.80. The summed E-state index contributed by atoms with van der Waals surface area (Å²) in [5.74, 6) is -0.000463. The van der Waals surface area contributed by atoms with Gasteiger partial charge in [-0.05, 0) is 19.8 Å². The number of carbonyl (C=O) groups is 2. The molecule has 0 atom stereocenters. The summed E-state index contributed by atoms with van der Waals surface area (Å²) in [6, 6.07) is 0. The van der Waals surface area contributed by atoms with E-state index in [1.54, 1.807) is 6.92 Å². The summed E-state index contributed by atoms with van der Waals surface area (Å²) in [6.07, 6.45) is 4.87. The van der Waals surface area contributed by atoms with Crippen LogP contribution in [-0.2, 0) is 9.59 Å². The molecule has 0 heterocycles. The average Bonchev–Trinajstić information content (AvgIpc) is 2.04. The molecule has 0 saturated heterocycles. The predicted molar refractivity (Wildman–Crippen MR) is 50.3 cm³/mol. The molecule has 1 amide bonds. The van der Waals surface area contributed by atoms with Gasteiger partial charge in [0.1, 0.15) is 0 Å². The van der Waals surface area contributed by atoms with Crippen LogP contribution in [0.3, 0.4) is 0 Å². The lowest BCUT2D eigenvalue weighted by atomic mass is 9.79. The molecular weight excluding hydrogens is 166 g/mol. The molecule has 13 heavy (non-hydrogen) atoms. The quantitative estimate of drug-likeness (QED) is 0.703. The van der Waals surface area contributed by atoms with Gasteiger partial charge in [-0.3, -0.25) is 9.59 Å². The van der Waals surface area contributed by atoms with Crippen LogP contribution in [-0.4, -0.2) is 17.2 Å². The Morgan fingerprint density at radius 3 is 2.00 bits per heavy atom. The first-order chi connectivity index (χ1) is 6.07. The zero-order valence-corrected chi connectivity index (χ0v) is 8.35. The lowest BCUT2D eigenvalue weighted by molar-refractivity contribution is -0.131. The maximum atomic E-state index is 11.4. The van der Waals surface area contributed by atoms with Crippen LogP contribution in [0, 0.1) is 0 Å². The van der Waals surface area contributed by atoms with Crippen molar-refractivity contribution < 1.29 is 9.59 Å². The molecule has 1 aliphatic carbocycles. The third-order valence-corrected chi connectivity index (χ3v) is 2.80. The van der Waals surface area contributed by atoms with E-state index in [0.717, 1.165) is 25.7 Å². The van der Waals surface area contributed by atoms with E-state index < -0.39 is 5.54 Å². The minimum Gasteiger partial charge on any atom is -0.344 e. The molecular formula is C10H17NO2. The molecule has 0 aromatic carbocycles. The van der Waals surface area contributed by atoms with Crippen molar-refractivity contribution in [2.45, 2.75) is 51.5 Å². The second-order valence-corrected chi connectivity index (χ2v) is 3.88. The van der Waals surface area contributed by atoms with Crippen molar-refractivity contribution in [1.82, 2.24) is 5.32 Å². The highest BCUT2D eigenvalue weighted by Gasteiger charge is 2.36. The largest absolute Gasteiger partial charge is 0.344 e.